The third-order valence-corrected chi connectivity index (χ3v) is 5.25. The molecule has 0 N–H and O–H groups in total. The minimum atomic E-state index is 1.09. The maximum Gasteiger partial charge on any atom is 0.141 e. The minimum absolute atomic E-state index is 1.09. The highest BCUT2D eigenvalue weighted by Crippen LogP contribution is 2.38. The van der Waals surface area contributed by atoms with Crippen molar-refractivity contribution < 1.29 is 0 Å². The number of anilines is 1. The quantitative estimate of drug-likeness (QED) is 0.689. The van der Waals surface area contributed by atoms with Crippen molar-refractivity contribution in [3.05, 3.63) is 41.5 Å². The van der Waals surface area contributed by atoms with Gasteiger partial charge in [0, 0.05) is 24.0 Å². The molecule has 0 amide bonds. The van der Waals surface area contributed by atoms with Gasteiger partial charge >= 0.3 is 0 Å². The fourth-order valence-electron chi connectivity index (χ4n) is 3.15. The van der Waals surface area contributed by atoms with Crippen molar-refractivity contribution in [1.29, 1.82) is 0 Å². The summed E-state index contributed by atoms with van der Waals surface area (Å²) in [6.07, 6.45) is 5.56. The maximum absolute atomic E-state index is 4.63. The van der Waals surface area contributed by atoms with Crippen molar-refractivity contribution in [2.45, 2.75) is 26.2 Å². The van der Waals surface area contributed by atoms with Crippen molar-refractivity contribution in [2.24, 2.45) is 0 Å². The topological polar surface area (TPSA) is 29.0 Å². The Morgan fingerprint density at radius 3 is 2.55 bits per heavy atom. The van der Waals surface area contributed by atoms with Crippen LogP contribution >= 0.6 is 11.3 Å². The Morgan fingerprint density at radius 2 is 1.77 bits per heavy atom. The summed E-state index contributed by atoms with van der Waals surface area (Å²) in [6, 6.07) is 8.74. The highest BCUT2D eigenvalue weighted by atomic mass is 32.1. The molecule has 0 unspecified atom stereocenters. The highest BCUT2D eigenvalue weighted by molar-refractivity contribution is 7.17. The molecule has 3 nitrogen and oxygen atoms in total. The summed E-state index contributed by atoms with van der Waals surface area (Å²) in [4.78, 5) is 12.6. The lowest BCUT2D eigenvalue weighted by Crippen LogP contribution is -2.30. The number of aryl methyl sites for hydroxylation is 1. The van der Waals surface area contributed by atoms with Gasteiger partial charge in [-0.25, -0.2) is 9.97 Å². The Kier molecular flexibility index (Phi) is 3.54. The SMILES string of the molecule is Cc1ccc(-c2csc3ncnc(N4CCCCC4)c23)cc1. The molecule has 0 bridgehead atoms. The van der Waals surface area contributed by atoms with E-state index in [9.17, 15) is 0 Å². The van der Waals surface area contributed by atoms with E-state index >= 15 is 0 Å². The van der Waals surface area contributed by atoms with Gasteiger partial charge in [-0.15, -0.1) is 11.3 Å². The largest absolute Gasteiger partial charge is 0.356 e. The third-order valence-electron chi connectivity index (χ3n) is 4.37. The first kappa shape index (κ1) is 13.7. The van der Waals surface area contributed by atoms with Gasteiger partial charge in [-0.3, -0.25) is 0 Å². The van der Waals surface area contributed by atoms with Gasteiger partial charge in [0.15, 0.2) is 0 Å². The third kappa shape index (κ3) is 2.37. The molecule has 1 fully saturated rings. The van der Waals surface area contributed by atoms with E-state index in [4.69, 9.17) is 0 Å². The molecule has 3 aromatic rings. The van der Waals surface area contributed by atoms with E-state index in [1.807, 2.05) is 0 Å². The number of thiophene rings is 1. The van der Waals surface area contributed by atoms with E-state index in [-0.39, 0.29) is 0 Å². The second-order valence-electron chi connectivity index (χ2n) is 5.94. The average Bonchev–Trinajstić information content (AvgIpc) is 3.00. The van der Waals surface area contributed by atoms with Crippen molar-refractivity contribution in [1.82, 2.24) is 9.97 Å². The first-order valence-electron chi connectivity index (χ1n) is 7.87. The standard InChI is InChI=1S/C18H19N3S/c1-13-5-7-14(8-6-13)15-11-22-18-16(15)17(19-12-20-18)21-9-3-2-4-10-21/h5-8,11-12H,2-4,9-10H2,1H3. The molecule has 4 heteroatoms. The predicted molar refractivity (Wildman–Crippen MR) is 93.7 cm³/mol. The van der Waals surface area contributed by atoms with Crippen LogP contribution in [0.3, 0.4) is 0 Å². The van der Waals surface area contributed by atoms with Gasteiger partial charge in [0.25, 0.3) is 0 Å². The van der Waals surface area contributed by atoms with E-state index in [2.05, 4.69) is 51.4 Å². The zero-order valence-electron chi connectivity index (χ0n) is 12.7. The van der Waals surface area contributed by atoms with Gasteiger partial charge in [-0.05, 0) is 31.7 Å². The van der Waals surface area contributed by atoms with E-state index in [0.717, 1.165) is 23.7 Å². The second-order valence-corrected chi connectivity index (χ2v) is 6.80. The number of piperidine rings is 1. The van der Waals surface area contributed by atoms with Gasteiger partial charge < -0.3 is 4.90 Å². The fourth-order valence-corrected chi connectivity index (χ4v) is 4.06. The van der Waals surface area contributed by atoms with Gasteiger partial charge in [0.2, 0.25) is 0 Å². The number of hydrogen-bond acceptors (Lipinski definition) is 4. The maximum atomic E-state index is 4.63. The molecule has 1 aromatic carbocycles. The number of hydrogen-bond donors (Lipinski definition) is 0. The Hall–Kier alpha value is -1.94. The Labute approximate surface area is 134 Å². The Balaban J connectivity index is 1.87. The Bertz CT molecular complexity index is 786. The number of nitrogens with zero attached hydrogens (tertiary/aromatic N) is 3. The average molecular weight is 309 g/mol. The van der Waals surface area contributed by atoms with Crippen molar-refractivity contribution >= 4 is 27.4 Å². The molecular formula is C18H19N3S. The fraction of sp³-hybridized carbons (Fsp3) is 0.333. The van der Waals surface area contributed by atoms with Crippen LogP contribution in [0.1, 0.15) is 24.8 Å². The molecule has 3 heterocycles. The van der Waals surface area contributed by atoms with Crippen LogP contribution in [0.2, 0.25) is 0 Å². The second kappa shape index (κ2) is 5.69. The molecule has 1 aliphatic rings. The summed E-state index contributed by atoms with van der Waals surface area (Å²) in [5.74, 6) is 1.11. The molecule has 2 aromatic heterocycles. The summed E-state index contributed by atoms with van der Waals surface area (Å²) in [7, 11) is 0. The Morgan fingerprint density at radius 1 is 1.00 bits per heavy atom. The van der Waals surface area contributed by atoms with Crippen LogP contribution in [0.5, 0.6) is 0 Å². The van der Waals surface area contributed by atoms with Gasteiger partial charge in [0.1, 0.15) is 17.0 Å². The summed E-state index contributed by atoms with van der Waals surface area (Å²) in [5, 5.41) is 3.44. The van der Waals surface area contributed by atoms with Crippen LogP contribution in [0.25, 0.3) is 21.3 Å². The lowest BCUT2D eigenvalue weighted by atomic mass is 10.0. The number of fused-ring (bicyclic) bond motifs is 1. The zero-order valence-corrected chi connectivity index (χ0v) is 13.6. The van der Waals surface area contributed by atoms with Crippen LogP contribution in [-0.2, 0) is 0 Å². The summed E-state index contributed by atoms with van der Waals surface area (Å²) < 4.78 is 0. The van der Waals surface area contributed by atoms with Crippen LogP contribution in [0.4, 0.5) is 5.82 Å². The number of benzene rings is 1. The van der Waals surface area contributed by atoms with Crippen molar-refractivity contribution in [3.63, 3.8) is 0 Å². The van der Waals surface area contributed by atoms with E-state index in [1.165, 1.54) is 41.3 Å². The first-order chi connectivity index (χ1) is 10.8. The molecule has 112 valence electrons. The lowest BCUT2D eigenvalue weighted by Gasteiger charge is -2.28. The molecule has 0 atom stereocenters. The zero-order chi connectivity index (χ0) is 14.9. The van der Waals surface area contributed by atoms with Crippen molar-refractivity contribution in [2.75, 3.05) is 18.0 Å². The first-order valence-corrected chi connectivity index (χ1v) is 8.75. The van der Waals surface area contributed by atoms with Crippen molar-refractivity contribution in [3.8, 4) is 11.1 Å². The highest BCUT2D eigenvalue weighted by Gasteiger charge is 2.19. The summed E-state index contributed by atoms with van der Waals surface area (Å²) in [5.41, 5.74) is 3.81. The van der Waals surface area contributed by atoms with Gasteiger partial charge in [-0.1, -0.05) is 29.8 Å². The monoisotopic (exact) mass is 309 g/mol. The molecule has 4 rings (SSSR count). The van der Waals surface area contributed by atoms with E-state index < -0.39 is 0 Å². The molecule has 0 radical (unpaired) electrons. The number of aromatic nitrogens is 2. The predicted octanol–water partition coefficient (Wildman–Crippen LogP) is 4.66. The lowest BCUT2D eigenvalue weighted by molar-refractivity contribution is 0.574. The molecule has 1 aliphatic heterocycles. The molecular weight excluding hydrogens is 290 g/mol. The normalized spacial score (nSPS) is 15.4. The smallest absolute Gasteiger partial charge is 0.141 e. The summed E-state index contributed by atoms with van der Waals surface area (Å²) in [6.45, 7) is 4.34. The molecule has 0 spiro atoms. The van der Waals surface area contributed by atoms with E-state index in [1.54, 1.807) is 17.7 Å². The minimum Gasteiger partial charge on any atom is -0.356 e. The van der Waals surface area contributed by atoms with E-state index in [0.29, 0.717) is 0 Å². The molecule has 0 aliphatic carbocycles. The molecule has 22 heavy (non-hydrogen) atoms. The summed E-state index contributed by atoms with van der Waals surface area (Å²) >= 11 is 1.71. The number of rotatable bonds is 2. The van der Waals surface area contributed by atoms with Crippen LogP contribution < -0.4 is 4.90 Å². The van der Waals surface area contributed by atoms with Gasteiger partial charge in [-0.2, -0.15) is 0 Å². The van der Waals surface area contributed by atoms with Gasteiger partial charge in [0.05, 0.1) is 5.39 Å². The van der Waals surface area contributed by atoms with Crippen LogP contribution in [0.15, 0.2) is 36.0 Å². The van der Waals surface area contributed by atoms with Crippen LogP contribution in [-0.4, -0.2) is 23.1 Å². The van der Waals surface area contributed by atoms with Crippen LogP contribution in [0, 0.1) is 6.92 Å². The molecule has 1 saturated heterocycles. The molecule has 0 saturated carbocycles.